The van der Waals surface area contributed by atoms with Crippen molar-refractivity contribution in [1.29, 1.82) is 0 Å². The molecule has 4 heteroatoms. The third-order valence-electron chi connectivity index (χ3n) is 3.85. The summed E-state index contributed by atoms with van der Waals surface area (Å²) in [7, 11) is 0. The van der Waals surface area contributed by atoms with E-state index in [1.807, 2.05) is 25.1 Å². The van der Waals surface area contributed by atoms with Gasteiger partial charge in [0.05, 0.1) is 0 Å². The summed E-state index contributed by atoms with van der Waals surface area (Å²) in [6, 6.07) is 6.37. The van der Waals surface area contributed by atoms with E-state index < -0.39 is 0 Å². The molecule has 1 aromatic rings. The first-order chi connectivity index (χ1) is 9.60. The van der Waals surface area contributed by atoms with Crippen molar-refractivity contribution >= 4 is 17.3 Å². The Balaban J connectivity index is 1.76. The third-order valence-corrected chi connectivity index (χ3v) is 3.85. The number of rotatable bonds is 7. The summed E-state index contributed by atoms with van der Waals surface area (Å²) >= 11 is 0. The molecule has 0 aliphatic heterocycles. The van der Waals surface area contributed by atoms with Gasteiger partial charge in [-0.2, -0.15) is 0 Å². The van der Waals surface area contributed by atoms with E-state index in [0.29, 0.717) is 12.1 Å². The molecule has 0 unspecified atom stereocenters. The Hall–Kier alpha value is -1.55. The largest absolute Gasteiger partial charge is 0.399 e. The monoisotopic (exact) mass is 275 g/mol. The van der Waals surface area contributed by atoms with Gasteiger partial charge in [0, 0.05) is 23.8 Å². The first-order valence-corrected chi connectivity index (χ1v) is 7.50. The summed E-state index contributed by atoms with van der Waals surface area (Å²) in [6.07, 6.45) is 4.13. The highest BCUT2D eigenvalue weighted by atomic mass is 16.1. The lowest BCUT2D eigenvalue weighted by Crippen LogP contribution is -2.27. The van der Waals surface area contributed by atoms with Gasteiger partial charge in [0.25, 0.3) is 0 Å². The van der Waals surface area contributed by atoms with Gasteiger partial charge in [0.2, 0.25) is 5.91 Å². The highest BCUT2D eigenvalue weighted by Gasteiger charge is 2.27. The van der Waals surface area contributed by atoms with E-state index >= 15 is 0 Å². The maximum absolute atomic E-state index is 12.0. The van der Waals surface area contributed by atoms with Gasteiger partial charge in [-0.25, -0.2) is 0 Å². The van der Waals surface area contributed by atoms with Crippen molar-refractivity contribution in [2.75, 3.05) is 24.1 Å². The van der Waals surface area contributed by atoms with Crippen LogP contribution in [-0.2, 0) is 4.79 Å². The van der Waals surface area contributed by atoms with Gasteiger partial charge in [0.15, 0.2) is 0 Å². The van der Waals surface area contributed by atoms with Crippen LogP contribution in [0.25, 0.3) is 0 Å². The van der Waals surface area contributed by atoms with Crippen molar-refractivity contribution in [3.8, 4) is 0 Å². The number of hydrogen-bond acceptors (Lipinski definition) is 3. The second kappa shape index (κ2) is 6.75. The summed E-state index contributed by atoms with van der Waals surface area (Å²) in [4.78, 5) is 14.4. The highest BCUT2D eigenvalue weighted by molar-refractivity contribution is 5.91. The smallest absolute Gasteiger partial charge is 0.224 e. The molecular formula is C16H25N3O. The topological polar surface area (TPSA) is 58.4 Å². The van der Waals surface area contributed by atoms with E-state index in [0.717, 1.165) is 36.8 Å². The SMILES string of the molecule is CCN(CCCC(=O)Nc1cc(N)ccc1C)C1CC1. The summed E-state index contributed by atoms with van der Waals surface area (Å²) < 4.78 is 0. The fourth-order valence-corrected chi connectivity index (χ4v) is 2.47. The van der Waals surface area contributed by atoms with Gasteiger partial charge in [-0.1, -0.05) is 13.0 Å². The van der Waals surface area contributed by atoms with Crippen LogP contribution < -0.4 is 11.1 Å². The summed E-state index contributed by atoms with van der Waals surface area (Å²) in [6.45, 7) is 6.26. The molecule has 0 bridgehead atoms. The minimum Gasteiger partial charge on any atom is -0.399 e. The predicted octanol–water partition coefficient (Wildman–Crippen LogP) is 2.78. The molecule has 0 aromatic heterocycles. The second-order valence-corrected chi connectivity index (χ2v) is 5.59. The van der Waals surface area contributed by atoms with Gasteiger partial charge in [-0.3, -0.25) is 4.79 Å². The number of amides is 1. The summed E-state index contributed by atoms with van der Waals surface area (Å²) in [5, 5.41) is 2.95. The van der Waals surface area contributed by atoms with Crippen LogP contribution in [0.15, 0.2) is 18.2 Å². The van der Waals surface area contributed by atoms with Crippen molar-refractivity contribution in [1.82, 2.24) is 4.90 Å². The fraction of sp³-hybridized carbons (Fsp3) is 0.562. The molecule has 1 aliphatic carbocycles. The molecule has 2 rings (SSSR count). The number of nitrogen functional groups attached to an aromatic ring is 1. The highest BCUT2D eigenvalue weighted by Crippen LogP contribution is 2.26. The van der Waals surface area contributed by atoms with Gasteiger partial charge in [0.1, 0.15) is 0 Å². The van der Waals surface area contributed by atoms with E-state index in [1.54, 1.807) is 0 Å². The zero-order valence-electron chi connectivity index (χ0n) is 12.5. The van der Waals surface area contributed by atoms with E-state index in [4.69, 9.17) is 5.73 Å². The molecule has 110 valence electrons. The second-order valence-electron chi connectivity index (χ2n) is 5.59. The number of anilines is 2. The van der Waals surface area contributed by atoms with E-state index in [9.17, 15) is 4.79 Å². The molecule has 4 nitrogen and oxygen atoms in total. The van der Waals surface area contributed by atoms with Crippen LogP contribution in [0.1, 0.15) is 38.2 Å². The van der Waals surface area contributed by atoms with Gasteiger partial charge < -0.3 is 16.0 Å². The van der Waals surface area contributed by atoms with Crippen LogP contribution in [0.2, 0.25) is 0 Å². The average molecular weight is 275 g/mol. The zero-order valence-corrected chi connectivity index (χ0v) is 12.5. The van der Waals surface area contributed by atoms with Crippen LogP contribution in [0.3, 0.4) is 0 Å². The summed E-state index contributed by atoms with van der Waals surface area (Å²) in [5.41, 5.74) is 8.29. The van der Waals surface area contributed by atoms with Crippen molar-refractivity contribution in [3.63, 3.8) is 0 Å². The number of aryl methyl sites for hydroxylation is 1. The molecule has 0 saturated heterocycles. The number of hydrogen-bond donors (Lipinski definition) is 2. The number of nitrogens with one attached hydrogen (secondary N) is 1. The van der Waals surface area contributed by atoms with Crippen LogP contribution in [0.5, 0.6) is 0 Å². The van der Waals surface area contributed by atoms with Crippen LogP contribution in [0, 0.1) is 6.92 Å². The Morgan fingerprint density at radius 3 is 2.85 bits per heavy atom. The third kappa shape index (κ3) is 4.23. The maximum Gasteiger partial charge on any atom is 0.224 e. The van der Waals surface area contributed by atoms with E-state index in [-0.39, 0.29) is 5.91 Å². The average Bonchev–Trinajstić information content (AvgIpc) is 3.23. The van der Waals surface area contributed by atoms with E-state index in [2.05, 4.69) is 17.1 Å². The molecule has 1 aromatic carbocycles. The number of nitrogens with two attached hydrogens (primary N) is 1. The van der Waals surface area contributed by atoms with Crippen LogP contribution >= 0.6 is 0 Å². The number of carbonyl (C=O) groups is 1. The molecule has 1 saturated carbocycles. The normalized spacial score (nSPS) is 14.6. The first-order valence-electron chi connectivity index (χ1n) is 7.50. The number of carbonyl (C=O) groups excluding carboxylic acids is 1. The summed E-state index contributed by atoms with van der Waals surface area (Å²) in [5.74, 6) is 0.0746. The Kier molecular flexibility index (Phi) is 5.01. The van der Waals surface area contributed by atoms with Crippen molar-refractivity contribution in [2.24, 2.45) is 0 Å². The van der Waals surface area contributed by atoms with Gasteiger partial charge in [-0.15, -0.1) is 0 Å². The molecule has 20 heavy (non-hydrogen) atoms. The molecule has 0 atom stereocenters. The van der Waals surface area contributed by atoms with Crippen molar-refractivity contribution in [3.05, 3.63) is 23.8 Å². The Bertz CT molecular complexity index is 469. The molecule has 1 fully saturated rings. The first kappa shape index (κ1) is 14.9. The van der Waals surface area contributed by atoms with Crippen LogP contribution in [-0.4, -0.2) is 29.9 Å². The quantitative estimate of drug-likeness (QED) is 0.752. The van der Waals surface area contributed by atoms with Crippen LogP contribution in [0.4, 0.5) is 11.4 Å². The lowest BCUT2D eigenvalue weighted by molar-refractivity contribution is -0.116. The minimum absolute atomic E-state index is 0.0746. The Morgan fingerprint density at radius 1 is 1.45 bits per heavy atom. The Labute approximate surface area is 121 Å². The lowest BCUT2D eigenvalue weighted by Gasteiger charge is -2.19. The lowest BCUT2D eigenvalue weighted by atomic mass is 10.1. The predicted molar refractivity (Wildman–Crippen MR) is 83.7 cm³/mol. The minimum atomic E-state index is 0.0746. The van der Waals surface area contributed by atoms with Crippen molar-refractivity contribution < 1.29 is 4.79 Å². The standard InChI is InChI=1S/C16H25N3O/c1-3-19(14-8-9-14)10-4-5-16(20)18-15-11-13(17)7-6-12(15)2/h6-7,11,14H,3-5,8-10,17H2,1-2H3,(H,18,20). The number of benzene rings is 1. The zero-order chi connectivity index (χ0) is 14.5. The molecule has 0 heterocycles. The molecule has 3 N–H and O–H groups in total. The molecule has 1 aliphatic rings. The fourth-order valence-electron chi connectivity index (χ4n) is 2.47. The molecule has 0 radical (unpaired) electrons. The molecule has 0 spiro atoms. The van der Waals surface area contributed by atoms with Gasteiger partial charge in [-0.05, 0) is 57.0 Å². The van der Waals surface area contributed by atoms with E-state index in [1.165, 1.54) is 12.8 Å². The number of nitrogens with zero attached hydrogens (tertiary/aromatic N) is 1. The molecule has 1 amide bonds. The van der Waals surface area contributed by atoms with Crippen molar-refractivity contribution in [2.45, 2.75) is 45.6 Å². The molecular weight excluding hydrogens is 250 g/mol. The Morgan fingerprint density at radius 2 is 2.20 bits per heavy atom. The van der Waals surface area contributed by atoms with Gasteiger partial charge >= 0.3 is 0 Å². The maximum atomic E-state index is 12.0.